The van der Waals surface area contributed by atoms with Gasteiger partial charge in [-0.15, -0.1) is 0 Å². The molecule has 0 atom stereocenters. The van der Waals surface area contributed by atoms with Crippen molar-refractivity contribution in [1.29, 1.82) is 0 Å². The summed E-state index contributed by atoms with van der Waals surface area (Å²) in [5, 5.41) is 12.8. The highest BCUT2D eigenvalue weighted by Crippen LogP contribution is 2.24. The summed E-state index contributed by atoms with van der Waals surface area (Å²) in [5.41, 5.74) is 3.91. The van der Waals surface area contributed by atoms with Gasteiger partial charge >= 0.3 is 0 Å². The SMILES string of the molecule is CON(Cc1ccccc1)Cc1cc(C)c([N+](=O)[O-])cc1C. The topological polar surface area (TPSA) is 55.6 Å². The van der Waals surface area contributed by atoms with Crippen molar-refractivity contribution >= 4 is 5.69 Å². The number of hydrogen-bond acceptors (Lipinski definition) is 4. The zero-order valence-corrected chi connectivity index (χ0v) is 13.1. The third-order valence-electron chi connectivity index (χ3n) is 3.66. The Balaban J connectivity index is 2.17. The predicted molar refractivity (Wildman–Crippen MR) is 85.3 cm³/mol. The molecule has 0 N–H and O–H groups in total. The summed E-state index contributed by atoms with van der Waals surface area (Å²) < 4.78 is 0. The van der Waals surface area contributed by atoms with E-state index < -0.39 is 0 Å². The first-order chi connectivity index (χ1) is 10.5. The highest BCUT2D eigenvalue weighted by molar-refractivity contribution is 5.46. The number of hydroxylamine groups is 2. The summed E-state index contributed by atoms with van der Waals surface area (Å²) in [6, 6.07) is 13.5. The lowest BCUT2D eigenvalue weighted by Gasteiger charge is -2.21. The predicted octanol–water partition coefficient (Wildman–Crippen LogP) is 3.78. The molecule has 2 aromatic rings. The van der Waals surface area contributed by atoms with Gasteiger partial charge in [0.15, 0.2) is 0 Å². The number of rotatable bonds is 6. The van der Waals surface area contributed by atoms with Crippen molar-refractivity contribution in [2.24, 2.45) is 0 Å². The van der Waals surface area contributed by atoms with E-state index in [9.17, 15) is 10.1 Å². The molecule has 0 aromatic heterocycles. The van der Waals surface area contributed by atoms with E-state index in [0.29, 0.717) is 18.7 Å². The van der Waals surface area contributed by atoms with Crippen LogP contribution in [0, 0.1) is 24.0 Å². The van der Waals surface area contributed by atoms with Crippen LogP contribution in [-0.4, -0.2) is 17.1 Å². The Hall–Kier alpha value is -2.24. The summed E-state index contributed by atoms with van der Waals surface area (Å²) in [6.45, 7) is 4.89. The largest absolute Gasteiger partial charge is 0.302 e. The van der Waals surface area contributed by atoms with Crippen LogP contribution in [0.3, 0.4) is 0 Å². The van der Waals surface area contributed by atoms with E-state index in [1.54, 1.807) is 20.1 Å². The van der Waals surface area contributed by atoms with Gasteiger partial charge in [-0.2, -0.15) is 5.06 Å². The van der Waals surface area contributed by atoms with Gasteiger partial charge in [-0.1, -0.05) is 30.3 Å². The molecular weight excluding hydrogens is 280 g/mol. The average Bonchev–Trinajstić information content (AvgIpc) is 2.50. The molecular formula is C17H20N2O3. The molecule has 0 aliphatic heterocycles. The Labute approximate surface area is 130 Å². The number of nitrogens with zero attached hydrogens (tertiary/aromatic N) is 2. The highest BCUT2D eigenvalue weighted by Gasteiger charge is 2.15. The zero-order chi connectivity index (χ0) is 16.1. The van der Waals surface area contributed by atoms with Crippen LogP contribution < -0.4 is 0 Å². The number of aryl methyl sites for hydroxylation is 2. The highest BCUT2D eigenvalue weighted by atomic mass is 16.7. The Bertz CT molecular complexity index is 656. The lowest BCUT2D eigenvalue weighted by atomic mass is 10.0. The van der Waals surface area contributed by atoms with Crippen molar-refractivity contribution in [2.45, 2.75) is 26.9 Å². The van der Waals surface area contributed by atoms with Crippen LogP contribution >= 0.6 is 0 Å². The quantitative estimate of drug-likeness (QED) is 0.602. The Morgan fingerprint density at radius 3 is 2.36 bits per heavy atom. The van der Waals surface area contributed by atoms with Gasteiger partial charge in [0.1, 0.15) is 0 Å². The van der Waals surface area contributed by atoms with E-state index in [1.165, 1.54) is 0 Å². The van der Waals surface area contributed by atoms with Crippen LogP contribution in [0.15, 0.2) is 42.5 Å². The normalized spacial score (nSPS) is 10.9. The maximum Gasteiger partial charge on any atom is 0.272 e. The molecule has 0 heterocycles. The van der Waals surface area contributed by atoms with E-state index in [-0.39, 0.29) is 10.6 Å². The lowest BCUT2D eigenvalue weighted by Crippen LogP contribution is -2.22. The molecule has 116 valence electrons. The second-order valence-electron chi connectivity index (χ2n) is 5.29. The minimum Gasteiger partial charge on any atom is -0.302 e. The fourth-order valence-electron chi connectivity index (χ4n) is 2.39. The maximum atomic E-state index is 11.0. The van der Waals surface area contributed by atoms with Crippen molar-refractivity contribution in [2.75, 3.05) is 7.11 Å². The average molecular weight is 300 g/mol. The smallest absolute Gasteiger partial charge is 0.272 e. The third kappa shape index (κ3) is 3.90. The van der Waals surface area contributed by atoms with Gasteiger partial charge in [0, 0.05) is 24.7 Å². The molecule has 0 unspecified atom stereocenters. The number of nitro benzene ring substituents is 1. The monoisotopic (exact) mass is 300 g/mol. The zero-order valence-electron chi connectivity index (χ0n) is 13.1. The van der Waals surface area contributed by atoms with Crippen LogP contribution in [0.1, 0.15) is 22.3 Å². The molecule has 0 saturated carbocycles. The fourth-order valence-corrected chi connectivity index (χ4v) is 2.39. The number of nitro groups is 1. The van der Waals surface area contributed by atoms with Gasteiger partial charge < -0.3 is 4.84 Å². The molecule has 0 aliphatic carbocycles. The molecule has 0 bridgehead atoms. The van der Waals surface area contributed by atoms with Gasteiger partial charge in [-0.05, 0) is 36.6 Å². The van der Waals surface area contributed by atoms with Crippen molar-refractivity contribution < 1.29 is 9.76 Å². The minimum absolute atomic E-state index is 0.160. The molecule has 5 heteroatoms. The molecule has 0 fully saturated rings. The van der Waals surface area contributed by atoms with Crippen molar-refractivity contribution in [1.82, 2.24) is 5.06 Å². The van der Waals surface area contributed by atoms with Gasteiger partial charge in [0.05, 0.1) is 12.0 Å². The summed E-state index contributed by atoms with van der Waals surface area (Å²) in [5.74, 6) is 0. The molecule has 2 rings (SSSR count). The molecule has 22 heavy (non-hydrogen) atoms. The number of hydrogen-bond donors (Lipinski definition) is 0. The molecule has 0 radical (unpaired) electrons. The molecule has 0 amide bonds. The summed E-state index contributed by atoms with van der Waals surface area (Å²) >= 11 is 0. The van der Waals surface area contributed by atoms with Gasteiger partial charge in [0.2, 0.25) is 0 Å². The molecule has 0 aliphatic rings. The van der Waals surface area contributed by atoms with E-state index in [4.69, 9.17) is 4.84 Å². The van der Waals surface area contributed by atoms with Crippen LogP contribution in [0.25, 0.3) is 0 Å². The van der Waals surface area contributed by atoms with E-state index in [0.717, 1.165) is 16.7 Å². The third-order valence-corrected chi connectivity index (χ3v) is 3.66. The summed E-state index contributed by atoms with van der Waals surface area (Å²) in [4.78, 5) is 16.1. The van der Waals surface area contributed by atoms with Crippen LogP contribution in [0.2, 0.25) is 0 Å². The van der Waals surface area contributed by atoms with E-state index in [1.807, 2.05) is 48.4 Å². The van der Waals surface area contributed by atoms with Gasteiger partial charge in [-0.25, -0.2) is 0 Å². The lowest BCUT2D eigenvalue weighted by molar-refractivity contribution is -0.385. The second kappa shape index (κ2) is 7.15. The maximum absolute atomic E-state index is 11.0. The van der Waals surface area contributed by atoms with Gasteiger partial charge in [0.25, 0.3) is 5.69 Å². The van der Waals surface area contributed by atoms with E-state index in [2.05, 4.69) is 0 Å². The molecule has 5 nitrogen and oxygen atoms in total. The Morgan fingerprint density at radius 2 is 1.77 bits per heavy atom. The van der Waals surface area contributed by atoms with Crippen LogP contribution in [0.5, 0.6) is 0 Å². The first-order valence-electron chi connectivity index (χ1n) is 7.08. The standard InChI is InChI=1S/C17H20N2O3/c1-13-10-17(19(20)21)14(2)9-16(13)12-18(22-3)11-15-7-5-4-6-8-15/h4-10H,11-12H2,1-3H3. The fraction of sp³-hybridized carbons (Fsp3) is 0.294. The van der Waals surface area contributed by atoms with Gasteiger partial charge in [-0.3, -0.25) is 10.1 Å². The molecule has 0 spiro atoms. The van der Waals surface area contributed by atoms with Crippen molar-refractivity contribution in [3.63, 3.8) is 0 Å². The second-order valence-corrected chi connectivity index (χ2v) is 5.29. The molecule has 0 saturated heterocycles. The number of benzene rings is 2. The first-order valence-corrected chi connectivity index (χ1v) is 7.08. The molecule has 2 aromatic carbocycles. The Morgan fingerprint density at radius 1 is 1.09 bits per heavy atom. The van der Waals surface area contributed by atoms with Crippen LogP contribution in [0.4, 0.5) is 5.69 Å². The van der Waals surface area contributed by atoms with E-state index >= 15 is 0 Å². The minimum atomic E-state index is -0.343. The Kier molecular flexibility index (Phi) is 5.25. The summed E-state index contributed by atoms with van der Waals surface area (Å²) in [6.07, 6.45) is 0. The van der Waals surface area contributed by atoms with Crippen LogP contribution in [-0.2, 0) is 17.9 Å². The summed E-state index contributed by atoms with van der Waals surface area (Å²) in [7, 11) is 1.64. The first kappa shape index (κ1) is 16.1. The van der Waals surface area contributed by atoms with Crippen molar-refractivity contribution in [3.8, 4) is 0 Å². The van der Waals surface area contributed by atoms with Crippen molar-refractivity contribution in [3.05, 3.63) is 74.8 Å².